The number of nitrogen functional groups attached to an aromatic ring is 1. The maximum atomic E-state index is 12.0. The van der Waals surface area contributed by atoms with E-state index in [0.29, 0.717) is 23.1 Å². The molecule has 3 aliphatic heterocycles. The third-order valence-electron chi connectivity index (χ3n) is 4.41. The van der Waals surface area contributed by atoms with Crippen molar-refractivity contribution in [3.63, 3.8) is 0 Å². The van der Waals surface area contributed by atoms with Crippen LogP contribution in [0.2, 0.25) is 0 Å². The highest BCUT2D eigenvalue weighted by Gasteiger charge is 2.33. The summed E-state index contributed by atoms with van der Waals surface area (Å²) in [5.41, 5.74) is 9.03. The summed E-state index contributed by atoms with van der Waals surface area (Å²) in [7, 11) is 0. The maximum Gasteiger partial charge on any atom is 0.350 e. The molecule has 0 atom stereocenters. The standard InChI is InChI=1S/C15H17N3O2S/c1-2-20-15(19)13-11(16)9-7-10-12(17-14(9)21-13)8-3-5-18(10)6-4-8/h7-8H,2-6,16H2,1H3. The Morgan fingerprint density at radius 2 is 2.29 bits per heavy atom. The van der Waals surface area contributed by atoms with Crippen LogP contribution in [0.3, 0.4) is 0 Å². The van der Waals surface area contributed by atoms with Gasteiger partial charge in [-0.2, -0.15) is 0 Å². The highest BCUT2D eigenvalue weighted by atomic mass is 32.1. The van der Waals surface area contributed by atoms with Gasteiger partial charge in [-0.3, -0.25) is 0 Å². The number of esters is 1. The highest BCUT2D eigenvalue weighted by Crippen LogP contribution is 2.45. The molecule has 2 bridgehead atoms. The number of nitrogens with zero attached hydrogens (tertiary/aromatic N) is 2. The number of carbonyl (C=O) groups is 1. The topological polar surface area (TPSA) is 68.4 Å². The molecule has 0 saturated carbocycles. The molecule has 0 aliphatic carbocycles. The molecule has 5 heterocycles. The smallest absolute Gasteiger partial charge is 0.350 e. The third-order valence-corrected chi connectivity index (χ3v) is 5.51. The van der Waals surface area contributed by atoms with Crippen molar-refractivity contribution in [2.45, 2.75) is 25.7 Å². The number of pyridine rings is 1. The lowest BCUT2D eigenvalue weighted by molar-refractivity contribution is 0.0533. The first-order valence-electron chi connectivity index (χ1n) is 7.34. The van der Waals surface area contributed by atoms with Crippen molar-refractivity contribution in [1.82, 2.24) is 4.98 Å². The molecular formula is C15H17N3O2S. The van der Waals surface area contributed by atoms with Crippen LogP contribution in [0.4, 0.5) is 11.4 Å². The lowest BCUT2D eigenvalue weighted by Gasteiger charge is -2.41. The number of hydrogen-bond acceptors (Lipinski definition) is 6. The van der Waals surface area contributed by atoms with Crippen LogP contribution in [0.25, 0.3) is 10.2 Å². The van der Waals surface area contributed by atoms with Crippen molar-refractivity contribution in [3.05, 3.63) is 16.6 Å². The fourth-order valence-corrected chi connectivity index (χ4v) is 4.32. The predicted molar refractivity (Wildman–Crippen MR) is 84.2 cm³/mol. The van der Waals surface area contributed by atoms with Crippen LogP contribution < -0.4 is 10.6 Å². The van der Waals surface area contributed by atoms with Gasteiger partial charge in [0.25, 0.3) is 0 Å². The van der Waals surface area contributed by atoms with Crippen LogP contribution in [0.1, 0.15) is 41.0 Å². The van der Waals surface area contributed by atoms with Gasteiger partial charge in [0.2, 0.25) is 0 Å². The van der Waals surface area contributed by atoms with Crippen molar-refractivity contribution in [2.75, 3.05) is 30.3 Å². The number of nitrogens with two attached hydrogens (primary N) is 1. The van der Waals surface area contributed by atoms with E-state index in [1.165, 1.54) is 35.6 Å². The van der Waals surface area contributed by atoms with E-state index in [9.17, 15) is 4.79 Å². The summed E-state index contributed by atoms with van der Waals surface area (Å²) in [6.45, 7) is 4.34. The molecule has 2 aromatic heterocycles. The number of hydrogen-bond donors (Lipinski definition) is 1. The van der Waals surface area contributed by atoms with Gasteiger partial charge in [-0.25, -0.2) is 9.78 Å². The van der Waals surface area contributed by atoms with Gasteiger partial charge in [0.1, 0.15) is 9.71 Å². The minimum Gasteiger partial charge on any atom is -0.462 e. The molecule has 3 aliphatic rings. The summed E-state index contributed by atoms with van der Waals surface area (Å²) in [4.78, 5) is 20.5. The van der Waals surface area contributed by atoms with E-state index in [4.69, 9.17) is 15.5 Å². The molecule has 5 rings (SSSR count). The number of rotatable bonds is 2. The second-order valence-corrected chi connectivity index (χ2v) is 6.57. The van der Waals surface area contributed by atoms with E-state index in [0.717, 1.165) is 23.3 Å². The Morgan fingerprint density at radius 1 is 1.52 bits per heavy atom. The number of aromatic nitrogens is 1. The largest absolute Gasteiger partial charge is 0.462 e. The molecule has 21 heavy (non-hydrogen) atoms. The lowest BCUT2D eigenvalue weighted by atomic mass is 9.86. The van der Waals surface area contributed by atoms with Crippen molar-refractivity contribution < 1.29 is 9.53 Å². The Bertz CT molecular complexity index is 732. The maximum absolute atomic E-state index is 12.0. The first-order valence-corrected chi connectivity index (χ1v) is 8.15. The van der Waals surface area contributed by atoms with Crippen molar-refractivity contribution in [1.29, 1.82) is 0 Å². The first kappa shape index (κ1) is 12.9. The Kier molecular flexibility index (Phi) is 2.82. The van der Waals surface area contributed by atoms with Crippen LogP contribution in [0.5, 0.6) is 0 Å². The molecule has 0 amide bonds. The predicted octanol–water partition coefficient (Wildman–Crippen LogP) is 2.75. The Balaban J connectivity index is 1.88. The van der Waals surface area contributed by atoms with Gasteiger partial charge in [-0.15, -0.1) is 11.3 Å². The van der Waals surface area contributed by atoms with Gasteiger partial charge in [-0.05, 0) is 25.8 Å². The van der Waals surface area contributed by atoms with Gasteiger partial charge < -0.3 is 15.4 Å². The van der Waals surface area contributed by atoms with Crippen LogP contribution in [0.15, 0.2) is 6.07 Å². The lowest BCUT2D eigenvalue weighted by Crippen LogP contribution is -2.39. The number of carbonyl (C=O) groups excluding carboxylic acids is 1. The monoisotopic (exact) mass is 303 g/mol. The quantitative estimate of drug-likeness (QED) is 0.864. The van der Waals surface area contributed by atoms with E-state index < -0.39 is 0 Å². The zero-order chi connectivity index (χ0) is 14.6. The summed E-state index contributed by atoms with van der Waals surface area (Å²) in [6.07, 6.45) is 2.36. The van der Waals surface area contributed by atoms with Gasteiger partial charge in [0.05, 0.1) is 23.7 Å². The minimum absolute atomic E-state index is 0.348. The van der Waals surface area contributed by atoms with E-state index in [2.05, 4.69) is 11.0 Å². The SMILES string of the molecule is CCOC(=O)c1sc2nc3c(cc2c1N)N1CCC3CC1. The first-order chi connectivity index (χ1) is 10.2. The van der Waals surface area contributed by atoms with Gasteiger partial charge >= 0.3 is 5.97 Å². The van der Waals surface area contributed by atoms with Gasteiger partial charge in [0, 0.05) is 24.4 Å². The molecule has 1 fully saturated rings. The Labute approximate surface area is 126 Å². The molecule has 1 saturated heterocycles. The molecule has 110 valence electrons. The van der Waals surface area contributed by atoms with Crippen LogP contribution >= 0.6 is 11.3 Å². The van der Waals surface area contributed by atoms with E-state index in [1.54, 1.807) is 6.92 Å². The molecule has 0 radical (unpaired) electrons. The average Bonchev–Trinajstić information content (AvgIpc) is 2.84. The zero-order valence-electron chi connectivity index (χ0n) is 11.9. The molecule has 2 N–H and O–H groups in total. The van der Waals surface area contributed by atoms with Crippen molar-refractivity contribution >= 4 is 38.9 Å². The van der Waals surface area contributed by atoms with E-state index in [1.807, 2.05) is 0 Å². The average molecular weight is 303 g/mol. The third kappa shape index (κ3) is 1.82. The molecule has 0 unspecified atom stereocenters. The number of fused-ring (bicyclic) bond motifs is 3. The summed E-state index contributed by atoms with van der Waals surface area (Å²) in [5, 5.41) is 0.884. The second-order valence-electron chi connectivity index (χ2n) is 5.57. The number of piperidine rings is 1. The molecular weight excluding hydrogens is 286 g/mol. The number of thiophene rings is 1. The van der Waals surface area contributed by atoms with Gasteiger partial charge in [0.15, 0.2) is 0 Å². The van der Waals surface area contributed by atoms with Crippen molar-refractivity contribution in [3.8, 4) is 0 Å². The molecule has 5 nitrogen and oxygen atoms in total. The van der Waals surface area contributed by atoms with Crippen molar-refractivity contribution in [2.24, 2.45) is 0 Å². The van der Waals surface area contributed by atoms with Crippen LogP contribution in [-0.4, -0.2) is 30.6 Å². The number of anilines is 2. The Hall–Kier alpha value is -1.82. The number of ether oxygens (including phenoxy) is 1. The molecule has 0 spiro atoms. The highest BCUT2D eigenvalue weighted by molar-refractivity contribution is 7.21. The van der Waals surface area contributed by atoms with E-state index >= 15 is 0 Å². The molecule has 2 aromatic rings. The summed E-state index contributed by atoms with van der Waals surface area (Å²) in [6, 6.07) is 2.11. The fourth-order valence-electron chi connectivity index (χ4n) is 3.34. The summed E-state index contributed by atoms with van der Waals surface area (Å²) in [5.74, 6) is 0.211. The fraction of sp³-hybridized carbons (Fsp3) is 0.467. The molecule has 0 aromatic carbocycles. The second kappa shape index (κ2) is 4.59. The van der Waals surface area contributed by atoms with Gasteiger partial charge in [-0.1, -0.05) is 0 Å². The molecule has 6 heteroatoms. The minimum atomic E-state index is -0.348. The van der Waals surface area contributed by atoms with E-state index in [-0.39, 0.29) is 5.97 Å². The van der Waals surface area contributed by atoms with Crippen LogP contribution in [0, 0.1) is 0 Å². The Morgan fingerprint density at radius 3 is 3.00 bits per heavy atom. The van der Waals surface area contributed by atoms with Crippen LogP contribution in [-0.2, 0) is 4.74 Å². The normalized spacial score (nSPS) is 17.3. The summed E-state index contributed by atoms with van der Waals surface area (Å²) < 4.78 is 5.07. The summed E-state index contributed by atoms with van der Waals surface area (Å²) >= 11 is 1.34. The zero-order valence-corrected chi connectivity index (χ0v) is 12.7.